The van der Waals surface area contributed by atoms with Crippen molar-refractivity contribution < 1.29 is 24.1 Å². The normalized spacial score (nSPS) is 19.5. The molecule has 0 spiro atoms. The van der Waals surface area contributed by atoms with E-state index in [1.807, 2.05) is 146 Å². The van der Waals surface area contributed by atoms with Crippen LogP contribution in [0.25, 0.3) is 43.1 Å². The second kappa shape index (κ2) is 10.2. The van der Waals surface area contributed by atoms with E-state index in [9.17, 15) is 5.11 Å². The van der Waals surface area contributed by atoms with Gasteiger partial charge in [0.15, 0.2) is 23.0 Å². The molecule has 0 unspecified atom stereocenters. The molecule has 0 saturated heterocycles. The SMILES string of the molecule is Oc1c(O[C@@]23OC(c4ccccc4)=N[C@]2(c2ccccc2)Oc2c(c4ccccc4c4ccccc24)O3)c2ccccc2c2ccccc12. The Hall–Kier alpha value is -6.53. The van der Waals surface area contributed by atoms with E-state index in [-0.39, 0.29) is 17.4 Å². The predicted octanol–water partition coefficient (Wildman–Crippen LogP) is 9.84. The van der Waals surface area contributed by atoms with Gasteiger partial charge in [-0.3, -0.25) is 0 Å². The zero-order chi connectivity index (χ0) is 32.6. The van der Waals surface area contributed by atoms with Crippen LogP contribution in [0, 0.1) is 0 Å². The summed E-state index contributed by atoms with van der Waals surface area (Å²) in [5.41, 5.74) is -0.348. The van der Waals surface area contributed by atoms with E-state index >= 15 is 0 Å². The van der Waals surface area contributed by atoms with E-state index in [4.69, 9.17) is 23.9 Å². The van der Waals surface area contributed by atoms with Crippen LogP contribution in [-0.4, -0.2) is 17.0 Å². The van der Waals surface area contributed by atoms with Crippen LogP contribution in [-0.2, 0) is 10.5 Å². The highest BCUT2D eigenvalue weighted by molar-refractivity contribution is 6.15. The molecule has 1 N–H and O–H groups in total. The lowest BCUT2D eigenvalue weighted by Crippen LogP contribution is -2.62. The molecule has 8 aromatic carbocycles. The topological polar surface area (TPSA) is 69.5 Å². The number of hydrogen-bond acceptors (Lipinski definition) is 6. The van der Waals surface area contributed by atoms with Gasteiger partial charge in [0.2, 0.25) is 5.90 Å². The predicted molar refractivity (Wildman–Crippen MR) is 191 cm³/mol. The number of rotatable bonds is 4. The summed E-state index contributed by atoms with van der Waals surface area (Å²) in [6.07, 6.45) is 0. The number of hydrogen-bond donors (Lipinski definition) is 1. The van der Waals surface area contributed by atoms with Crippen molar-refractivity contribution in [2.45, 2.75) is 11.7 Å². The minimum absolute atomic E-state index is 0.0415. The van der Waals surface area contributed by atoms with Gasteiger partial charge in [-0.2, -0.15) is 4.99 Å². The Kier molecular flexibility index (Phi) is 5.76. The second-order valence-electron chi connectivity index (χ2n) is 12.3. The minimum atomic E-state index is -2.07. The van der Waals surface area contributed by atoms with Crippen LogP contribution >= 0.6 is 0 Å². The molecule has 2 heterocycles. The molecule has 234 valence electrons. The van der Waals surface area contributed by atoms with E-state index in [0.717, 1.165) is 32.3 Å². The molecule has 6 nitrogen and oxygen atoms in total. The third kappa shape index (κ3) is 3.85. The maximum Gasteiger partial charge on any atom is 0.489 e. The molecule has 0 saturated carbocycles. The Morgan fingerprint density at radius 1 is 0.449 bits per heavy atom. The lowest BCUT2D eigenvalue weighted by Gasteiger charge is -2.44. The molecule has 0 radical (unpaired) electrons. The highest BCUT2D eigenvalue weighted by Gasteiger charge is 2.72. The first-order valence-corrected chi connectivity index (χ1v) is 16.2. The number of phenols is 1. The summed E-state index contributed by atoms with van der Waals surface area (Å²) in [6.45, 7) is 0. The Bertz CT molecular complexity index is 2640. The molecule has 0 aliphatic carbocycles. The van der Waals surface area contributed by atoms with Crippen LogP contribution in [0.3, 0.4) is 0 Å². The quantitative estimate of drug-likeness (QED) is 0.195. The van der Waals surface area contributed by atoms with Crippen molar-refractivity contribution in [1.29, 1.82) is 0 Å². The fraction of sp³-hybridized carbons (Fsp3) is 0.0465. The fourth-order valence-electron chi connectivity index (χ4n) is 7.27. The monoisotopic (exact) mass is 637 g/mol. The van der Waals surface area contributed by atoms with Gasteiger partial charge >= 0.3 is 11.7 Å². The molecule has 49 heavy (non-hydrogen) atoms. The molecule has 0 fully saturated rings. The maximum absolute atomic E-state index is 12.0. The van der Waals surface area contributed by atoms with Crippen LogP contribution in [0.15, 0.2) is 163 Å². The second-order valence-corrected chi connectivity index (χ2v) is 12.3. The number of fused-ring (bicyclic) bond motifs is 10. The first kappa shape index (κ1) is 27.6. The van der Waals surface area contributed by atoms with E-state index in [1.54, 1.807) is 0 Å². The van der Waals surface area contributed by atoms with Gasteiger partial charge in [-0.1, -0.05) is 146 Å². The first-order chi connectivity index (χ1) is 24.2. The molecule has 10 rings (SSSR count). The molecule has 2 atom stereocenters. The average Bonchev–Trinajstić information content (AvgIpc) is 3.52. The van der Waals surface area contributed by atoms with Crippen molar-refractivity contribution >= 4 is 49.0 Å². The smallest absolute Gasteiger partial charge is 0.489 e. The zero-order valence-electron chi connectivity index (χ0n) is 26.0. The molecule has 2 aliphatic rings. The number of phenolic OH excluding ortho intramolecular Hbond substituents is 1. The van der Waals surface area contributed by atoms with Crippen molar-refractivity contribution in [2.24, 2.45) is 4.99 Å². The Labute approximate surface area is 281 Å². The summed E-state index contributed by atoms with van der Waals surface area (Å²) in [5, 5.41) is 18.8. The van der Waals surface area contributed by atoms with Crippen molar-refractivity contribution in [3.63, 3.8) is 0 Å². The third-order valence-corrected chi connectivity index (χ3v) is 9.51. The number of ether oxygens (including phenoxy) is 4. The Balaban J connectivity index is 1.32. The zero-order valence-corrected chi connectivity index (χ0v) is 26.0. The van der Waals surface area contributed by atoms with E-state index in [2.05, 4.69) is 12.1 Å². The van der Waals surface area contributed by atoms with Gasteiger partial charge in [0.05, 0.1) is 0 Å². The van der Waals surface area contributed by atoms with Crippen LogP contribution in [0.4, 0.5) is 0 Å². The van der Waals surface area contributed by atoms with Gasteiger partial charge in [-0.15, -0.1) is 0 Å². The van der Waals surface area contributed by atoms with Gasteiger partial charge in [0.25, 0.3) is 0 Å². The third-order valence-electron chi connectivity index (χ3n) is 9.51. The number of benzene rings is 8. The highest BCUT2D eigenvalue weighted by atomic mass is 16.9. The molecule has 8 aromatic rings. The van der Waals surface area contributed by atoms with Crippen molar-refractivity contribution in [2.75, 3.05) is 0 Å². The summed E-state index contributed by atoms with van der Waals surface area (Å²) in [7, 11) is 0. The molecule has 0 amide bonds. The summed E-state index contributed by atoms with van der Waals surface area (Å²) >= 11 is 0. The van der Waals surface area contributed by atoms with E-state index in [0.29, 0.717) is 33.4 Å². The lowest BCUT2D eigenvalue weighted by molar-refractivity contribution is -0.340. The summed E-state index contributed by atoms with van der Waals surface area (Å²) in [4.78, 5) is 5.25. The lowest BCUT2D eigenvalue weighted by atomic mass is 9.95. The van der Waals surface area contributed by atoms with Gasteiger partial charge in [0.1, 0.15) is 0 Å². The summed E-state index contributed by atoms with van der Waals surface area (Å²) in [6, 6.07) is 50.9. The van der Waals surface area contributed by atoms with Crippen molar-refractivity contribution in [3.8, 4) is 23.0 Å². The van der Waals surface area contributed by atoms with Crippen LogP contribution in [0.2, 0.25) is 0 Å². The number of aliphatic imine (C=N–C) groups is 1. The van der Waals surface area contributed by atoms with Gasteiger partial charge in [-0.25, -0.2) is 0 Å². The van der Waals surface area contributed by atoms with Gasteiger partial charge in [-0.05, 0) is 33.7 Å². The van der Waals surface area contributed by atoms with E-state index in [1.165, 1.54) is 0 Å². The molecule has 0 aromatic heterocycles. The maximum atomic E-state index is 12.0. The van der Waals surface area contributed by atoms with Crippen LogP contribution in [0.1, 0.15) is 11.1 Å². The van der Waals surface area contributed by atoms with Crippen molar-refractivity contribution in [1.82, 2.24) is 0 Å². The number of nitrogens with zero attached hydrogens (tertiary/aromatic N) is 1. The number of aromatic hydroxyl groups is 1. The van der Waals surface area contributed by atoms with Crippen molar-refractivity contribution in [3.05, 3.63) is 169 Å². The summed E-state index contributed by atoms with van der Waals surface area (Å²) in [5.74, 6) is -0.672. The molecule has 6 heteroatoms. The first-order valence-electron chi connectivity index (χ1n) is 16.2. The fourth-order valence-corrected chi connectivity index (χ4v) is 7.27. The van der Waals surface area contributed by atoms with Crippen LogP contribution in [0.5, 0.6) is 23.0 Å². The molecule has 2 aliphatic heterocycles. The average molecular weight is 638 g/mol. The van der Waals surface area contributed by atoms with Crippen LogP contribution < -0.4 is 14.2 Å². The van der Waals surface area contributed by atoms with Gasteiger partial charge in [0, 0.05) is 32.7 Å². The standard InChI is InChI=1S/C43H27NO5/c45-37-33-23-11-7-19-29(33)30-20-8-12-24-34(30)38(37)47-43-42(28-17-5-2-6-18-28,44-41(49-43)27-15-3-1-4-16-27)46-39-35-25-13-9-21-31(35)32-22-10-14-26-36(32)40(39)48-43/h1-26,45H/t42-,43+/m1/s1. The van der Waals surface area contributed by atoms with E-state index < -0.39 is 11.7 Å². The molecule has 0 bridgehead atoms. The Morgan fingerprint density at radius 2 is 0.898 bits per heavy atom. The highest BCUT2D eigenvalue weighted by Crippen LogP contribution is 2.59. The Morgan fingerprint density at radius 3 is 1.51 bits per heavy atom. The largest absolute Gasteiger partial charge is 0.504 e. The minimum Gasteiger partial charge on any atom is -0.504 e. The van der Waals surface area contributed by atoms with Gasteiger partial charge < -0.3 is 24.1 Å². The molecular formula is C43H27NO5. The summed E-state index contributed by atoms with van der Waals surface area (Å²) < 4.78 is 28.5. The molecular weight excluding hydrogens is 610 g/mol.